The first kappa shape index (κ1) is 14.2. The Morgan fingerprint density at radius 1 is 1.10 bits per heavy atom. The Morgan fingerprint density at radius 2 is 1.71 bits per heavy atom. The highest BCUT2D eigenvalue weighted by Crippen LogP contribution is 2.38. The summed E-state index contributed by atoms with van der Waals surface area (Å²) in [6, 6.07) is 9.56. The largest absolute Gasteiger partial charge is 0.294 e. The van der Waals surface area contributed by atoms with Crippen LogP contribution in [0.2, 0.25) is 5.02 Å². The van der Waals surface area contributed by atoms with Crippen LogP contribution in [0, 0.1) is 0 Å². The predicted octanol–water partition coefficient (Wildman–Crippen LogP) is 4.42. The molecular weight excluding hydrogens is 304 g/mol. The zero-order chi connectivity index (χ0) is 15.0. The molecule has 0 atom stereocenters. The van der Waals surface area contributed by atoms with Crippen LogP contribution in [0.5, 0.6) is 0 Å². The van der Waals surface area contributed by atoms with Gasteiger partial charge in [-0.15, -0.1) is 11.3 Å². The summed E-state index contributed by atoms with van der Waals surface area (Å²) in [6.07, 6.45) is 3.57. The topological polar surface area (TPSA) is 34.1 Å². The summed E-state index contributed by atoms with van der Waals surface area (Å²) in [5.41, 5.74) is 1.91. The van der Waals surface area contributed by atoms with E-state index in [4.69, 9.17) is 11.6 Å². The fraction of sp³-hybridized carbons (Fsp3) is 0.176. The lowest BCUT2D eigenvalue weighted by Crippen LogP contribution is -2.13. The summed E-state index contributed by atoms with van der Waals surface area (Å²) in [5.74, 6) is -0.873. The van der Waals surface area contributed by atoms with E-state index in [1.54, 1.807) is 11.3 Å². The van der Waals surface area contributed by atoms with E-state index < -0.39 is 5.92 Å². The van der Waals surface area contributed by atoms with Gasteiger partial charge in [0.15, 0.2) is 11.6 Å². The Kier molecular flexibility index (Phi) is 3.79. The molecule has 21 heavy (non-hydrogen) atoms. The van der Waals surface area contributed by atoms with Gasteiger partial charge in [-0.3, -0.25) is 9.59 Å². The number of benzene rings is 1. The second kappa shape index (κ2) is 5.58. The minimum atomic E-state index is -0.641. The second-order valence-electron chi connectivity index (χ2n) is 4.92. The van der Waals surface area contributed by atoms with Gasteiger partial charge in [0.1, 0.15) is 5.92 Å². The molecule has 2 nitrogen and oxygen atoms in total. The predicted molar refractivity (Wildman–Crippen MR) is 86.0 cm³/mol. The van der Waals surface area contributed by atoms with Crippen molar-refractivity contribution in [3.63, 3.8) is 0 Å². The number of hydrogen-bond acceptors (Lipinski definition) is 3. The Balaban J connectivity index is 2.04. The van der Waals surface area contributed by atoms with Crippen LogP contribution in [0.4, 0.5) is 0 Å². The van der Waals surface area contributed by atoms with Gasteiger partial charge in [0.05, 0.1) is 0 Å². The molecule has 0 saturated carbocycles. The number of rotatable bonds is 3. The van der Waals surface area contributed by atoms with Crippen LogP contribution >= 0.6 is 22.9 Å². The monoisotopic (exact) mass is 316 g/mol. The number of aryl methyl sites for hydroxylation is 1. The molecule has 0 bridgehead atoms. The summed E-state index contributed by atoms with van der Waals surface area (Å²) in [7, 11) is 0. The molecule has 3 rings (SSSR count). The third-order valence-electron chi connectivity index (χ3n) is 3.58. The van der Waals surface area contributed by atoms with Gasteiger partial charge in [-0.2, -0.15) is 0 Å². The number of thiophene rings is 1. The van der Waals surface area contributed by atoms with E-state index in [9.17, 15) is 9.59 Å². The molecule has 106 valence electrons. The summed E-state index contributed by atoms with van der Waals surface area (Å²) in [6.45, 7) is 2.04. The minimum Gasteiger partial charge on any atom is -0.294 e. The first-order valence-corrected chi connectivity index (χ1v) is 7.94. The highest BCUT2D eigenvalue weighted by Gasteiger charge is 2.32. The van der Waals surface area contributed by atoms with Gasteiger partial charge in [0.25, 0.3) is 0 Å². The van der Waals surface area contributed by atoms with E-state index in [0.29, 0.717) is 5.02 Å². The maximum atomic E-state index is 11.9. The van der Waals surface area contributed by atoms with E-state index in [0.717, 1.165) is 27.3 Å². The number of ketones is 2. The van der Waals surface area contributed by atoms with E-state index in [-0.39, 0.29) is 11.6 Å². The molecule has 0 spiro atoms. The molecule has 1 heterocycles. The van der Waals surface area contributed by atoms with Crippen LogP contribution in [0.15, 0.2) is 42.5 Å². The van der Waals surface area contributed by atoms with Crippen LogP contribution in [-0.4, -0.2) is 11.6 Å². The third kappa shape index (κ3) is 2.59. The smallest absolute Gasteiger partial charge is 0.171 e. The summed E-state index contributed by atoms with van der Waals surface area (Å²) in [4.78, 5) is 26.0. The molecule has 2 aromatic rings. The minimum absolute atomic E-state index is 0.116. The summed E-state index contributed by atoms with van der Waals surface area (Å²) < 4.78 is 0. The zero-order valence-electron chi connectivity index (χ0n) is 11.4. The van der Waals surface area contributed by atoms with Gasteiger partial charge in [0.2, 0.25) is 0 Å². The Bertz CT molecular complexity index is 723. The second-order valence-corrected chi connectivity index (χ2v) is 6.49. The zero-order valence-corrected chi connectivity index (χ0v) is 13.0. The van der Waals surface area contributed by atoms with E-state index >= 15 is 0 Å². The SMILES string of the molecule is CCc1sc(-c2ccc(Cl)cc2)cc1C1C(=O)C=CC1=O. The molecule has 0 radical (unpaired) electrons. The number of allylic oxidation sites excluding steroid dienone is 2. The Labute approximate surface area is 132 Å². The van der Waals surface area contributed by atoms with E-state index in [1.807, 2.05) is 37.3 Å². The first-order chi connectivity index (χ1) is 10.1. The van der Waals surface area contributed by atoms with Crippen molar-refractivity contribution in [1.82, 2.24) is 0 Å². The standard InChI is InChI=1S/C17H13ClO2S/c1-2-15-12(17-13(19)7-8-14(17)20)9-16(21-15)10-3-5-11(18)6-4-10/h3-9,17H,2H2,1H3. The quantitative estimate of drug-likeness (QED) is 0.785. The van der Waals surface area contributed by atoms with Gasteiger partial charge in [-0.25, -0.2) is 0 Å². The van der Waals surface area contributed by atoms with Gasteiger partial charge in [-0.05, 0) is 47.9 Å². The Hall–Kier alpha value is -1.71. The molecule has 4 heteroatoms. The molecule has 1 aromatic heterocycles. The highest BCUT2D eigenvalue weighted by molar-refractivity contribution is 7.15. The van der Waals surface area contributed by atoms with Crippen LogP contribution in [-0.2, 0) is 16.0 Å². The fourth-order valence-corrected chi connectivity index (χ4v) is 3.79. The van der Waals surface area contributed by atoms with Crippen molar-refractivity contribution in [3.8, 4) is 10.4 Å². The normalized spacial score (nSPS) is 15.1. The maximum Gasteiger partial charge on any atom is 0.171 e. The van der Waals surface area contributed by atoms with Crippen LogP contribution in [0.1, 0.15) is 23.3 Å². The maximum absolute atomic E-state index is 11.9. The molecule has 0 N–H and O–H groups in total. The highest BCUT2D eigenvalue weighted by atomic mass is 35.5. The van der Waals surface area contributed by atoms with Crippen molar-refractivity contribution in [2.45, 2.75) is 19.3 Å². The lowest BCUT2D eigenvalue weighted by molar-refractivity contribution is -0.122. The number of hydrogen-bond donors (Lipinski definition) is 0. The molecular formula is C17H13ClO2S. The molecule has 0 fully saturated rings. The molecule has 1 aromatic carbocycles. The van der Waals surface area contributed by atoms with Gasteiger partial charge in [0, 0.05) is 14.8 Å². The molecule has 0 aliphatic heterocycles. The van der Waals surface area contributed by atoms with Gasteiger partial charge < -0.3 is 0 Å². The Morgan fingerprint density at radius 3 is 2.29 bits per heavy atom. The molecule has 1 aliphatic carbocycles. The van der Waals surface area contributed by atoms with Gasteiger partial charge >= 0.3 is 0 Å². The van der Waals surface area contributed by atoms with Crippen molar-refractivity contribution in [1.29, 1.82) is 0 Å². The number of carbonyl (C=O) groups excluding carboxylic acids is 2. The number of halogens is 1. The summed E-state index contributed by atoms with van der Waals surface area (Å²) >= 11 is 7.54. The molecule has 1 aliphatic rings. The third-order valence-corrected chi connectivity index (χ3v) is 5.18. The van der Waals surface area contributed by atoms with Crippen LogP contribution < -0.4 is 0 Å². The number of carbonyl (C=O) groups is 2. The van der Waals surface area contributed by atoms with Crippen LogP contribution in [0.3, 0.4) is 0 Å². The first-order valence-electron chi connectivity index (χ1n) is 6.74. The average molecular weight is 317 g/mol. The van der Waals surface area contributed by atoms with E-state index in [1.165, 1.54) is 12.2 Å². The van der Waals surface area contributed by atoms with Crippen LogP contribution in [0.25, 0.3) is 10.4 Å². The van der Waals surface area contributed by atoms with Gasteiger partial charge in [-0.1, -0.05) is 30.7 Å². The van der Waals surface area contributed by atoms with Crippen molar-refractivity contribution < 1.29 is 9.59 Å². The molecule has 0 unspecified atom stereocenters. The summed E-state index contributed by atoms with van der Waals surface area (Å²) in [5, 5.41) is 0.691. The molecule has 0 amide bonds. The van der Waals surface area contributed by atoms with E-state index in [2.05, 4.69) is 0 Å². The fourth-order valence-electron chi connectivity index (χ4n) is 2.52. The van der Waals surface area contributed by atoms with Crippen molar-refractivity contribution in [2.75, 3.05) is 0 Å². The molecule has 0 saturated heterocycles. The lowest BCUT2D eigenvalue weighted by atomic mass is 9.94. The van der Waals surface area contributed by atoms with Crippen molar-refractivity contribution in [2.24, 2.45) is 0 Å². The van der Waals surface area contributed by atoms with Crippen molar-refractivity contribution in [3.05, 3.63) is 57.9 Å². The van der Waals surface area contributed by atoms with Crippen molar-refractivity contribution >= 4 is 34.5 Å². The lowest BCUT2D eigenvalue weighted by Gasteiger charge is -2.06. The average Bonchev–Trinajstić information content (AvgIpc) is 3.03.